The van der Waals surface area contributed by atoms with Gasteiger partial charge in [0.15, 0.2) is 0 Å². The molecule has 0 bridgehead atoms. The van der Waals surface area contributed by atoms with Crippen LogP contribution in [0.25, 0.3) is 0 Å². The van der Waals surface area contributed by atoms with Gasteiger partial charge in [-0.15, -0.1) is 0 Å². The van der Waals surface area contributed by atoms with Gasteiger partial charge in [-0.05, 0) is 27.2 Å². The van der Waals surface area contributed by atoms with Crippen molar-refractivity contribution in [1.29, 1.82) is 0 Å². The number of amides is 2. The zero-order valence-electron chi connectivity index (χ0n) is 18.0. The fourth-order valence-electron chi connectivity index (χ4n) is 3.16. The van der Waals surface area contributed by atoms with E-state index in [1.807, 2.05) is 52.0 Å². The highest BCUT2D eigenvalue weighted by Gasteiger charge is 2.27. The van der Waals surface area contributed by atoms with Gasteiger partial charge in [0.25, 0.3) is 0 Å². The van der Waals surface area contributed by atoms with Gasteiger partial charge in [0, 0.05) is 44.7 Å². The van der Waals surface area contributed by atoms with E-state index in [1.165, 1.54) is 0 Å². The molecule has 8 nitrogen and oxygen atoms in total. The second-order valence-corrected chi connectivity index (χ2v) is 9.02. The molecule has 0 radical (unpaired) electrons. The molecule has 1 fully saturated rings. The first-order valence-corrected chi connectivity index (χ1v) is 10.2. The fourth-order valence-corrected chi connectivity index (χ4v) is 3.16. The third-order valence-electron chi connectivity index (χ3n) is 4.84. The number of allylic oxidation sites excluding steroid dienone is 3. The van der Waals surface area contributed by atoms with Crippen LogP contribution in [0.3, 0.4) is 0 Å². The van der Waals surface area contributed by atoms with Gasteiger partial charge in [-0.25, -0.2) is 9.59 Å². The number of nitrogens with one attached hydrogen (secondary N) is 1. The minimum Gasteiger partial charge on any atom is -0.449 e. The molecule has 0 spiro atoms. The zero-order chi connectivity index (χ0) is 21.5. The van der Waals surface area contributed by atoms with E-state index < -0.39 is 17.8 Å². The van der Waals surface area contributed by atoms with Crippen molar-refractivity contribution in [3.63, 3.8) is 0 Å². The van der Waals surface area contributed by atoms with Crippen LogP contribution in [-0.2, 0) is 9.47 Å². The van der Waals surface area contributed by atoms with Crippen LogP contribution in [0.2, 0.25) is 0 Å². The molecule has 1 aliphatic carbocycles. The van der Waals surface area contributed by atoms with Crippen molar-refractivity contribution in [2.75, 3.05) is 45.9 Å². The number of piperazine rings is 1. The molecule has 1 unspecified atom stereocenters. The molecule has 1 aliphatic heterocycles. The summed E-state index contributed by atoms with van der Waals surface area (Å²) in [7, 11) is 0. The van der Waals surface area contributed by atoms with E-state index in [0.717, 1.165) is 6.42 Å². The first-order valence-electron chi connectivity index (χ1n) is 10.2. The molecule has 2 rings (SSSR count). The summed E-state index contributed by atoms with van der Waals surface area (Å²) in [6.07, 6.45) is 7.31. The number of β-amino-alcohol motifs (C(OH)–C–C–N with tert-alkyl or cyclic N) is 1. The van der Waals surface area contributed by atoms with Gasteiger partial charge >= 0.3 is 12.2 Å². The molecule has 29 heavy (non-hydrogen) atoms. The van der Waals surface area contributed by atoms with Crippen molar-refractivity contribution in [2.45, 2.75) is 45.8 Å². The largest absolute Gasteiger partial charge is 0.449 e. The number of alkyl carbamates (subject to hydrolysis) is 1. The molecule has 2 atom stereocenters. The normalized spacial score (nSPS) is 23.6. The molecule has 0 aromatic rings. The van der Waals surface area contributed by atoms with Crippen LogP contribution in [0.5, 0.6) is 0 Å². The van der Waals surface area contributed by atoms with Crippen molar-refractivity contribution in [3.8, 4) is 0 Å². The summed E-state index contributed by atoms with van der Waals surface area (Å²) >= 11 is 0. The Labute approximate surface area is 173 Å². The number of aliphatic hydroxyl groups excluding tert-OH is 1. The van der Waals surface area contributed by atoms with E-state index in [1.54, 1.807) is 4.90 Å². The summed E-state index contributed by atoms with van der Waals surface area (Å²) < 4.78 is 10.7. The molecule has 2 aliphatic rings. The quantitative estimate of drug-likeness (QED) is 0.699. The highest BCUT2D eigenvalue weighted by atomic mass is 16.6. The van der Waals surface area contributed by atoms with Gasteiger partial charge in [0.05, 0.1) is 6.10 Å². The Kier molecular flexibility index (Phi) is 8.10. The number of nitrogens with zero attached hydrogens (tertiary/aromatic N) is 2. The molecule has 1 heterocycles. The summed E-state index contributed by atoms with van der Waals surface area (Å²) in [5.74, 6) is 0. The SMILES string of the molecule is CC1(COC(=O)NC[C@H](O)CN2CCN(C(=O)OC(C)(C)C)CC2)C=CC=CC1. The standard InChI is InChI=1S/C21H35N3O5/c1-20(2,3)29-19(27)24-12-10-23(11-13-24)15-17(25)14-22-18(26)28-16-21(4)8-6-5-7-9-21/h5-8,17,25H,9-16H2,1-4H3,(H,22,26)/t17-,21?/m0/s1. The third kappa shape index (κ3) is 8.45. The van der Waals surface area contributed by atoms with Crippen LogP contribution < -0.4 is 5.32 Å². The van der Waals surface area contributed by atoms with E-state index in [9.17, 15) is 14.7 Å². The lowest BCUT2D eigenvalue weighted by molar-refractivity contribution is 0.0101. The third-order valence-corrected chi connectivity index (χ3v) is 4.84. The minimum atomic E-state index is -0.705. The maximum absolute atomic E-state index is 12.1. The van der Waals surface area contributed by atoms with E-state index in [-0.39, 0.29) is 18.1 Å². The van der Waals surface area contributed by atoms with Gasteiger partial charge in [-0.2, -0.15) is 0 Å². The molecular formula is C21H35N3O5. The topological polar surface area (TPSA) is 91.3 Å². The number of rotatable bonds is 6. The Morgan fingerprint density at radius 1 is 1.21 bits per heavy atom. The summed E-state index contributed by atoms with van der Waals surface area (Å²) in [6.45, 7) is 10.8. The van der Waals surface area contributed by atoms with E-state index in [2.05, 4.69) is 10.2 Å². The molecule has 0 aromatic heterocycles. The van der Waals surface area contributed by atoms with Crippen LogP contribution in [0.1, 0.15) is 34.1 Å². The lowest BCUT2D eigenvalue weighted by atomic mass is 9.85. The van der Waals surface area contributed by atoms with Crippen LogP contribution in [0.4, 0.5) is 9.59 Å². The smallest absolute Gasteiger partial charge is 0.410 e. The molecule has 164 valence electrons. The Hall–Kier alpha value is -2.06. The monoisotopic (exact) mass is 409 g/mol. The maximum Gasteiger partial charge on any atom is 0.410 e. The summed E-state index contributed by atoms with van der Waals surface area (Å²) in [5.41, 5.74) is -0.690. The van der Waals surface area contributed by atoms with E-state index in [0.29, 0.717) is 39.3 Å². The predicted octanol–water partition coefficient (Wildman–Crippen LogP) is 2.15. The van der Waals surface area contributed by atoms with Gasteiger partial charge in [-0.1, -0.05) is 31.2 Å². The Bertz CT molecular complexity index is 620. The lowest BCUT2D eigenvalue weighted by Crippen LogP contribution is -2.52. The number of ether oxygens (including phenoxy) is 2. The molecule has 0 saturated carbocycles. The van der Waals surface area contributed by atoms with Gasteiger partial charge in [-0.3, -0.25) is 4.90 Å². The van der Waals surface area contributed by atoms with Crippen LogP contribution in [0, 0.1) is 5.41 Å². The number of carbonyl (C=O) groups excluding carboxylic acids is 2. The van der Waals surface area contributed by atoms with Crippen molar-refractivity contribution in [1.82, 2.24) is 15.1 Å². The molecule has 1 saturated heterocycles. The molecular weight excluding hydrogens is 374 g/mol. The second kappa shape index (κ2) is 10.1. The Balaban J connectivity index is 1.61. The first kappa shape index (κ1) is 23.2. The van der Waals surface area contributed by atoms with Crippen molar-refractivity contribution in [2.24, 2.45) is 5.41 Å². The highest BCUT2D eigenvalue weighted by Crippen LogP contribution is 2.27. The average Bonchev–Trinajstić information content (AvgIpc) is 2.64. The van der Waals surface area contributed by atoms with Gasteiger partial charge in [0.2, 0.25) is 0 Å². The Morgan fingerprint density at radius 2 is 1.90 bits per heavy atom. The summed E-state index contributed by atoms with van der Waals surface area (Å²) in [5, 5.41) is 12.8. The molecule has 2 amide bonds. The predicted molar refractivity (Wildman–Crippen MR) is 111 cm³/mol. The minimum absolute atomic E-state index is 0.123. The lowest BCUT2D eigenvalue weighted by Gasteiger charge is -2.36. The molecule has 2 N–H and O–H groups in total. The zero-order valence-corrected chi connectivity index (χ0v) is 18.0. The van der Waals surface area contributed by atoms with Crippen molar-refractivity contribution >= 4 is 12.2 Å². The fraction of sp³-hybridized carbons (Fsp3) is 0.714. The Morgan fingerprint density at radius 3 is 2.48 bits per heavy atom. The molecule has 8 heteroatoms. The van der Waals surface area contributed by atoms with Gasteiger partial charge in [0.1, 0.15) is 12.2 Å². The van der Waals surface area contributed by atoms with Crippen LogP contribution in [0.15, 0.2) is 24.3 Å². The van der Waals surface area contributed by atoms with Crippen LogP contribution >= 0.6 is 0 Å². The summed E-state index contributed by atoms with van der Waals surface area (Å²) in [4.78, 5) is 27.7. The highest BCUT2D eigenvalue weighted by molar-refractivity contribution is 5.68. The average molecular weight is 410 g/mol. The van der Waals surface area contributed by atoms with Crippen molar-refractivity contribution < 1.29 is 24.2 Å². The summed E-state index contributed by atoms with van der Waals surface area (Å²) in [6, 6.07) is 0. The maximum atomic E-state index is 12.1. The van der Waals surface area contributed by atoms with Gasteiger partial charge < -0.3 is 24.8 Å². The number of hydrogen-bond acceptors (Lipinski definition) is 6. The van der Waals surface area contributed by atoms with Crippen LogP contribution in [-0.4, -0.2) is 84.7 Å². The van der Waals surface area contributed by atoms with E-state index in [4.69, 9.17) is 9.47 Å². The van der Waals surface area contributed by atoms with Crippen molar-refractivity contribution in [3.05, 3.63) is 24.3 Å². The second-order valence-electron chi connectivity index (χ2n) is 9.02. The number of hydrogen-bond donors (Lipinski definition) is 2. The van der Waals surface area contributed by atoms with E-state index >= 15 is 0 Å². The molecule has 0 aromatic carbocycles. The number of carbonyl (C=O) groups is 2. The number of aliphatic hydroxyl groups is 1. The first-order chi connectivity index (χ1) is 13.6.